The number of nitrogens with two attached hydrogens (primary N) is 1. The lowest BCUT2D eigenvalue weighted by atomic mass is 10.4. The molecule has 0 saturated heterocycles. The first-order valence-electron chi connectivity index (χ1n) is 3.83. The number of nitrogens with zero attached hydrogens (tertiary/aromatic N) is 1. The number of anilines is 2. The minimum absolute atomic E-state index is 0.650. The molecule has 0 aliphatic carbocycles. The van der Waals surface area contributed by atoms with E-state index >= 15 is 0 Å². The zero-order chi connectivity index (χ0) is 9.56. The van der Waals surface area contributed by atoms with E-state index in [-0.39, 0.29) is 0 Å². The number of halogens is 1. The standard InChI is InChI=1S/C6H8BrN3.C2H6/c1-9-6-5(8)2-4(7)3-10-6;1-2/h2-3H,8H2,1H3,(H,9,10);1-2H3. The highest BCUT2D eigenvalue weighted by molar-refractivity contribution is 9.10. The van der Waals surface area contributed by atoms with Gasteiger partial charge < -0.3 is 11.1 Å². The maximum absolute atomic E-state index is 5.58. The molecule has 68 valence electrons. The Bertz CT molecular complexity index is 238. The van der Waals surface area contributed by atoms with Gasteiger partial charge >= 0.3 is 0 Å². The summed E-state index contributed by atoms with van der Waals surface area (Å²) in [5.41, 5.74) is 6.23. The summed E-state index contributed by atoms with van der Waals surface area (Å²) in [6.07, 6.45) is 1.70. The van der Waals surface area contributed by atoms with Gasteiger partial charge in [-0.2, -0.15) is 0 Å². The summed E-state index contributed by atoms with van der Waals surface area (Å²) in [5.74, 6) is 0.711. The Morgan fingerprint density at radius 3 is 2.50 bits per heavy atom. The number of hydrogen-bond donors (Lipinski definition) is 2. The van der Waals surface area contributed by atoms with Gasteiger partial charge in [-0.1, -0.05) is 13.8 Å². The van der Waals surface area contributed by atoms with Crippen LogP contribution < -0.4 is 11.1 Å². The van der Waals surface area contributed by atoms with Crippen molar-refractivity contribution in [2.45, 2.75) is 13.8 Å². The van der Waals surface area contributed by atoms with Gasteiger partial charge in [0.05, 0.1) is 5.69 Å². The van der Waals surface area contributed by atoms with Gasteiger partial charge in [-0.25, -0.2) is 4.98 Å². The summed E-state index contributed by atoms with van der Waals surface area (Å²) < 4.78 is 0.893. The molecule has 12 heavy (non-hydrogen) atoms. The van der Waals surface area contributed by atoms with Crippen LogP contribution in [0.25, 0.3) is 0 Å². The van der Waals surface area contributed by atoms with Gasteiger partial charge in [0.25, 0.3) is 0 Å². The third-order valence-corrected chi connectivity index (χ3v) is 1.55. The van der Waals surface area contributed by atoms with Gasteiger partial charge in [0.1, 0.15) is 5.82 Å². The first-order valence-corrected chi connectivity index (χ1v) is 4.62. The van der Waals surface area contributed by atoms with E-state index in [1.165, 1.54) is 0 Å². The van der Waals surface area contributed by atoms with Gasteiger partial charge in [-0.15, -0.1) is 0 Å². The summed E-state index contributed by atoms with van der Waals surface area (Å²) in [6.45, 7) is 4.00. The van der Waals surface area contributed by atoms with E-state index in [9.17, 15) is 0 Å². The molecule has 1 rings (SSSR count). The van der Waals surface area contributed by atoms with Crippen molar-refractivity contribution in [2.75, 3.05) is 18.1 Å². The van der Waals surface area contributed by atoms with Crippen molar-refractivity contribution < 1.29 is 0 Å². The third kappa shape index (κ3) is 3.09. The molecule has 0 aliphatic heterocycles. The van der Waals surface area contributed by atoms with Crippen molar-refractivity contribution in [3.05, 3.63) is 16.7 Å². The van der Waals surface area contributed by atoms with Gasteiger partial charge in [0.2, 0.25) is 0 Å². The zero-order valence-electron chi connectivity index (χ0n) is 7.56. The lowest BCUT2D eigenvalue weighted by Gasteiger charge is -2.01. The first kappa shape index (κ1) is 11.2. The van der Waals surface area contributed by atoms with E-state index in [0.717, 1.165) is 4.47 Å². The van der Waals surface area contributed by atoms with Crippen LogP contribution in [0.2, 0.25) is 0 Å². The predicted molar refractivity (Wildman–Crippen MR) is 57.2 cm³/mol. The summed E-state index contributed by atoms with van der Waals surface area (Å²) >= 11 is 3.26. The summed E-state index contributed by atoms with van der Waals surface area (Å²) in [5, 5.41) is 2.87. The highest BCUT2D eigenvalue weighted by Crippen LogP contribution is 2.18. The van der Waals surface area contributed by atoms with E-state index in [1.54, 1.807) is 19.3 Å². The fraction of sp³-hybridized carbons (Fsp3) is 0.375. The molecule has 0 bridgehead atoms. The monoisotopic (exact) mass is 231 g/mol. The molecule has 1 heterocycles. The largest absolute Gasteiger partial charge is 0.396 e. The topological polar surface area (TPSA) is 50.9 Å². The molecule has 0 aromatic carbocycles. The van der Waals surface area contributed by atoms with E-state index in [0.29, 0.717) is 11.5 Å². The lowest BCUT2D eigenvalue weighted by Crippen LogP contribution is -1.97. The Balaban J connectivity index is 0.000000561. The Kier molecular flexibility index (Phi) is 5.45. The average molecular weight is 232 g/mol. The normalized spacial score (nSPS) is 8.33. The molecule has 0 saturated carbocycles. The van der Waals surface area contributed by atoms with Gasteiger partial charge in [0.15, 0.2) is 0 Å². The zero-order valence-corrected chi connectivity index (χ0v) is 9.14. The Labute approximate surface area is 81.5 Å². The smallest absolute Gasteiger partial charge is 0.148 e. The molecule has 0 spiro atoms. The fourth-order valence-corrected chi connectivity index (χ4v) is 1.01. The first-order chi connectivity index (χ1) is 5.74. The van der Waals surface area contributed by atoms with Gasteiger partial charge in [0, 0.05) is 17.7 Å². The van der Waals surface area contributed by atoms with Crippen molar-refractivity contribution in [3.8, 4) is 0 Å². The number of hydrogen-bond acceptors (Lipinski definition) is 3. The quantitative estimate of drug-likeness (QED) is 0.782. The maximum atomic E-state index is 5.58. The van der Waals surface area contributed by atoms with E-state index in [1.807, 2.05) is 13.8 Å². The summed E-state index contributed by atoms with van der Waals surface area (Å²) in [6, 6.07) is 1.80. The van der Waals surface area contributed by atoms with Crippen LogP contribution in [-0.4, -0.2) is 12.0 Å². The molecule has 0 unspecified atom stereocenters. The molecule has 3 N–H and O–H groups in total. The van der Waals surface area contributed by atoms with Crippen molar-refractivity contribution in [1.82, 2.24) is 4.98 Å². The molecule has 0 radical (unpaired) electrons. The van der Waals surface area contributed by atoms with Crippen molar-refractivity contribution in [2.24, 2.45) is 0 Å². The molecule has 1 aromatic rings. The Morgan fingerprint density at radius 2 is 2.08 bits per heavy atom. The van der Waals surface area contributed by atoms with Gasteiger partial charge in [-0.3, -0.25) is 0 Å². The van der Waals surface area contributed by atoms with Crippen molar-refractivity contribution in [3.63, 3.8) is 0 Å². The molecule has 3 nitrogen and oxygen atoms in total. The van der Waals surface area contributed by atoms with Crippen LogP contribution in [-0.2, 0) is 0 Å². The highest BCUT2D eigenvalue weighted by atomic mass is 79.9. The molecule has 4 heteroatoms. The molecular weight excluding hydrogens is 218 g/mol. The minimum atomic E-state index is 0.650. The van der Waals surface area contributed by atoms with E-state index in [2.05, 4.69) is 26.2 Å². The Morgan fingerprint density at radius 1 is 1.50 bits per heavy atom. The van der Waals surface area contributed by atoms with Crippen molar-refractivity contribution in [1.29, 1.82) is 0 Å². The molecule has 0 amide bonds. The number of nitrogens with one attached hydrogen (secondary N) is 1. The maximum Gasteiger partial charge on any atom is 0.148 e. The molecule has 0 aliphatic rings. The average Bonchev–Trinajstić information content (AvgIpc) is 2.08. The molecule has 1 aromatic heterocycles. The lowest BCUT2D eigenvalue weighted by molar-refractivity contribution is 1.28. The molecule has 0 fully saturated rings. The van der Waals surface area contributed by atoms with Crippen LogP contribution in [0, 0.1) is 0 Å². The molecular formula is C8H14BrN3. The number of nitrogen functional groups attached to an aromatic ring is 1. The predicted octanol–water partition coefficient (Wildman–Crippen LogP) is 2.49. The third-order valence-electron chi connectivity index (χ3n) is 1.12. The van der Waals surface area contributed by atoms with Crippen LogP contribution >= 0.6 is 15.9 Å². The summed E-state index contributed by atoms with van der Waals surface area (Å²) in [7, 11) is 1.78. The van der Waals surface area contributed by atoms with Crippen LogP contribution in [0.4, 0.5) is 11.5 Å². The second-order valence-electron chi connectivity index (χ2n) is 1.84. The van der Waals surface area contributed by atoms with Crippen LogP contribution in [0.15, 0.2) is 16.7 Å². The Hall–Kier alpha value is -0.770. The number of rotatable bonds is 1. The fourth-order valence-electron chi connectivity index (χ4n) is 0.664. The highest BCUT2D eigenvalue weighted by Gasteiger charge is 1.96. The van der Waals surface area contributed by atoms with E-state index < -0.39 is 0 Å². The number of pyridine rings is 1. The minimum Gasteiger partial charge on any atom is -0.396 e. The van der Waals surface area contributed by atoms with E-state index in [4.69, 9.17) is 5.73 Å². The second-order valence-corrected chi connectivity index (χ2v) is 2.76. The van der Waals surface area contributed by atoms with Crippen LogP contribution in [0.1, 0.15) is 13.8 Å². The number of aromatic nitrogens is 1. The van der Waals surface area contributed by atoms with Crippen LogP contribution in [0.5, 0.6) is 0 Å². The van der Waals surface area contributed by atoms with Gasteiger partial charge in [-0.05, 0) is 22.0 Å². The van der Waals surface area contributed by atoms with Crippen molar-refractivity contribution >= 4 is 27.4 Å². The van der Waals surface area contributed by atoms with Crippen LogP contribution in [0.3, 0.4) is 0 Å². The SMILES string of the molecule is CC.CNc1ncc(Br)cc1N. The summed E-state index contributed by atoms with van der Waals surface area (Å²) in [4.78, 5) is 4.01. The second kappa shape index (κ2) is 5.83. The molecule has 0 atom stereocenters.